The molecule has 1 unspecified atom stereocenters. The van der Waals surface area contributed by atoms with E-state index in [4.69, 9.17) is 11.6 Å². The quantitative estimate of drug-likeness (QED) is 0.335. The zero-order valence-electron chi connectivity index (χ0n) is 16.6. The van der Waals surface area contributed by atoms with Gasteiger partial charge in [0.05, 0.1) is 11.6 Å². The molecule has 0 amide bonds. The van der Waals surface area contributed by atoms with Crippen LogP contribution in [-0.2, 0) is 19.8 Å². The average molecular weight is 558 g/mol. The molecule has 0 radical (unpaired) electrons. The van der Waals surface area contributed by atoms with Gasteiger partial charge in [0.2, 0.25) is 0 Å². The van der Waals surface area contributed by atoms with Crippen LogP contribution in [0.4, 0.5) is 19.0 Å². The maximum Gasteiger partial charge on any atom is 0.435 e. The van der Waals surface area contributed by atoms with Crippen molar-refractivity contribution in [3.8, 4) is 0 Å². The number of halogens is 5. The Hall–Kier alpha value is -1.76. The third-order valence-electron chi connectivity index (χ3n) is 4.49. The van der Waals surface area contributed by atoms with E-state index >= 15 is 0 Å². The van der Waals surface area contributed by atoms with Crippen molar-refractivity contribution in [1.29, 1.82) is 0 Å². The van der Waals surface area contributed by atoms with Crippen LogP contribution in [-0.4, -0.2) is 46.4 Å². The molecule has 3 rings (SSSR count). The lowest BCUT2D eigenvalue weighted by molar-refractivity contribution is -0.142. The Balaban J connectivity index is 0.00000320. The molecule has 0 saturated carbocycles. The van der Waals surface area contributed by atoms with Crippen molar-refractivity contribution in [2.75, 3.05) is 24.5 Å². The van der Waals surface area contributed by atoms with E-state index in [9.17, 15) is 13.2 Å². The van der Waals surface area contributed by atoms with E-state index < -0.39 is 11.9 Å². The Kier molecular flexibility index (Phi) is 8.59. The first-order valence-corrected chi connectivity index (χ1v) is 9.65. The number of alkyl halides is 3. The van der Waals surface area contributed by atoms with Crippen molar-refractivity contribution in [2.24, 2.45) is 12.0 Å². The molecule has 166 valence electrons. The smallest absolute Gasteiger partial charge is 0.357 e. The van der Waals surface area contributed by atoms with Crippen LogP contribution < -0.4 is 15.5 Å². The number of aromatic nitrogens is 3. The predicted molar refractivity (Wildman–Crippen MR) is 121 cm³/mol. The minimum absolute atomic E-state index is 0. The number of aliphatic imine (C=N–C) groups is 1. The molecular weight excluding hydrogens is 534 g/mol. The fourth-order valence-electron chi connectivity index (χ4n) is 3.25. The van der Waals surface area contributed by atoms with Crippen LogP contribution in [0.1, 0.15) is 24.6 Å². The highest BCUT2D eigenvalue weighted by molar-refractivity contribution is 14.0. The van der Waals surface area contributed by atoms with Gasteiger partial charge in [0.15, 0.2) is 11.7 Å². The lowest BCUT2D eigenvalue weighted by Crippen LogP contribution is -2.44. The van der Waals surface area contributed by atoms with Crippen LogP contribution in [0.15, 0.2) is 29.5 Å². The molecule has 1 saturated heterocycles. The maximum absolute atomic E-state index is 13.1. The van der Waals surface area contributed by atoms with E-state index in [2.05, 4.69) is 30.6 Å². The number of hydrogen-bond acceptors (Lipinski definition) is 4. The molecule has 7 nitrogen and oxygen atoms in total. The molecule has 30 heavy (non-hydrogen) atoms. The zero-order chi connectivity index (χ0) is 21.0. The number of aryl methyl sites for hydroxylation is 1. The van der Waals surface area contributed by atoms with E-state index in [1.807, 2.05) is 6.92 Å². The van der Waals surface area contributed by atoms with Gasteiger partial charge in [0.25, 0.3) is 0 Å². The number of rotatable bonds is 5. The number of hydrogen-bond donors (Lipinski definition) is 2. The molecule has 2 aromatic rings. The van der Waals surface area contributed by atoms with E-state index in [0.717, 1.165) is 23.5 Å². The summed E-state index contributed by atoms with van der Waals surface area (Å²) >= 11 is 6.22. The normalized spacial score (nSPS) is 17.1. The summed E-state index contributed by atoms with van der Waals surface area (Å²) in [4.78, 5) is 10.7. The standard InChI is InChI=1S/C18H23ClF3N7.HI/c1-3-23-17(25-9-12-10-28(2)27-15(12)18(20,21)22)26-13-6-8-29(11-13)16-14(19)5-4-7-24-16;/h4-5,7,10,13H,3,6,8-9,11H2,1-2H3,(H2,23,25,26);1H. The molecule has 1 atom stereocenters. The highest BCUT2D eigenvalue weighted by Crippen LogP contribution is 2.31. The summed E-state index contributed by atoms with van der Waals surface area (Å²) in [6.07, 6.45) is -0.639. The van der Waals surface area contributed by atoms with Gasteiger partial charge in [-0.1, -0.05) is 11.6 Å². The Labute approximate surface area is 195 Å². The second kappa shape index (κ2) is 10.5. The lowest BCUT2D eigenvalue weighted by Gasteiger charge is -2.20. The summed E-state index contributed by atoms with van der Waals surface area (Å²) in [7, 11) is 1.46. The van der Waals surface area contributed by atoms with Gasteiger partial charge < -0.3 is 15.5 Å². The van der Waals surface area contributed by atoms with Crippen LogP contribution in [0.2, 0.25) is 5.02 Å². The molecular formula is C18H24ClF3IN7. The molecule has 12 heteroatoms. The number of pyridine rings is 1. The Morgan fingerprint density at radius 2 is 2.17 bits per heavy atom. The van der Waals surface area contributed by atoms with Gasteiger partial charge in [-0.05, 0) is 25.5 Å². The fraction of sp³-hybridized carbons (Fsp3) is 0.500. The van der Waals surface area contributed by atoms with Crippen molar-refractivity contribution in [1.82, 2.24) is 25.4 Å². The average Bonchev–Trinajstić information content (AvgIpc) is 3.26. The number of nitrogens with zero attached hydrogens (tertiary/aromatic N) is 5. The molecule has 2 N–H and O–H groups in total. The monoisotopic (exact) mass is 557 g/mol. The summed E-state index contributed by atoms with van der Waals surface area (Å²) in [6.45, 7) is 3.81. The minimum Gasteiger partial charge on any atom is -0.357 e. The van der Waals surface area contributed by atoms with Gasteiger partial charge in [0.1, 0.15) is 5.82 Å². The maximum atomic E-state index is 13.1. The molecule has 2 aromatic heterocycles. The Bertz CT molecular complexity index is 872. The Morgan fingerprint density at radius 1 is 1.40 bits per heavy atom. The summed E-state index contributed by atoms with van der Waals surface area (Å²) in [5, 5.41) is 10.5. The summed E-state index contributed by atoms with van der Waals surface area (Å²) in [5.41, 5.74) is -0.873. The van der Waals surface area contributed by atoms with Crippen LogP contribution in [0.5, 0.6) is 0 Å². The van der Waals surface area contributed by atoms with Gasteiger partial charge in [-0.15, -0.1) is 24.0 Å². The lowest BCUT2D eigenvalue weighted by atomic mass is 10.2. The zero-order valence-corrected chi connectivity index (χ0v) is 19.7. The van der Waals surface area contributed by atoms with Gasteiger partial charge in [0, 0.05) is 50.7 Å². The van der Waals surface area contributed by atoms with Crippen LogP contribution >= 0.6 is 35.6 Å². The van der Waals surface area contributed by atoms with Crippen molar-refractivity contribution in [3.63, 3.8) is 0 Å². The van der Waals surface area contributed by atoms with E-state index in [1.54, 1.807) is 18.3 Å². The predicted octanol–water partition coefficient (Wildman–Crippen LogP) is 3.44. The number of nitrogens with one attached hydrogen (secondary N) is 2. The van der Waals surface area contributed by atoms with Crippen molar-refractivity contribution in [2.45, 2.75) is 32.1 Å². The molecule has 3 heterocycles. The molecule has 0 spiro atoms. The Morgan fingerprint density at radius 3 is 2.83 bits per heavy atom. The van der Waals surface area contributed by atoms with Gasteiger partial charge in [-0.3, -0.25) is 4.68 Å². The topological polar surface area (TPSA) is 70.4 Å². The highest BCUT2D eigenvalue weighted by Gasteiger charge is 2.36. The summed E-state index contributed by atoms with van der Waals surface area (Å²) in [6, 6.07) is 3.64. The van der Waals surface area contributed by atoms with E-state index in [1.165, 1.54) is 13.2 Å². The largest absolute Gasteiger partial charge is 0.435 e. The van der Waals surface area contributed by atoms with E-state index in [0.29, 0.717) is 24.1 Å². The molecule has 1 aliphatic heterocycles. The van der Waals surface area contributed by atoms with Crippen molar-refractivity contribution in [3.05, 3.63) is 40.8 Å². The highest BCUT2D eigenvalue weighted by atomic mass is 127. The van der Waals surface area contributed by atoms with Crippen LogP contribution in [0.3, 0.4) is 0 Å². The first kappa shape index (κ1) is 24.5. The number of anilines is 1. The SMILES string of the molecule is CCNC(=NCc1cn(C)nc1C(F)(F)F)NC1CCN(c2ncccc2Cl)C1.I. The molecule has 1 aliphatic rings. The summed E-state index contributed by atoms with van der Waals surface area (Å²) in [5.74, 6) is 1.19. The fourth-order valence-corrected chi connectivity index (χ4v) is 3.49. The molecule has 0 aliphatic carbocycles. The first-order valence-electron chi connectivity index (χ1n) is 9.28. The second-order valence-corrected chi connectivity index (χ2v) is 7.16. The third-order valence-corrected chi connectivity index (χ3v) is 4.79. The molecule has 0 bridgehead atoms. The first-order chi connectivity index (χ1) is 13.8. The minimum atomic E-state index is -4.51. The molecule has 0 aromatic carbocycles. The van der Waals surface area contributed by atoms with Crippen LogP contribution in [0.25, 0.3) is 0 Å². The second-order valence-electron chi connectivity index (χ2n) is 6.75. The van der Waals surface area contributed by atoms with Crippen LogP contribution in [0, 0.1) is 0 Å². The van der Waals surface area contributed by atoms with Crippen molar-refractivity contribution < 1.29 is 13.2 Å². The van der Waals surface area contributed by atoms with Crippen molar-refractivity contribution >= 4 is 47.4 Å². The van der Waals surface area contributed by atoms with Gasteiger partial charge >= 0.3 is 6.18 Å². The van der Waals surface area contributed by atoms with Gasteiger partial charge in [-0.2, -0.15) is 18.3 Å². The number of guanidine groups is 1. The summed E-state index contributed by atoms with van der Waals surface area (Å²) < 4.78 is 40.5. The van der Waals surface area contributed by atoms with E-state index in [-0.39, 0.29) is 42.1 Å². The third kappa shape index (κ3) is 6.13. The van der Waals surface area contributed by atoms with Gasteiger partial charge in [-0.25, -0.2) is 9.98 Å². The molecule has 1 fully saturated rings.